The number of benzene rings is 1. The van der Waals surface area contributed by atoms with E-state index in [0.717, 1.165) is 5.56 Å². The molecule has 1 aromatic carbocycles. The Kier molecular flexibility index (Phi) is 3.18. The molecule has 0 unspecified atom stereocenters. The summed E-state index contributed by atoms with van der Waals surface area (Å²) < 4.78 is 0. The molecule has 0 aliphatic rings. The van der Waals surface area contributed by atoms with Crippen LogP contribution in [0.3, 0.4) is 0 Å². The van der Waals surface area contributed by atoms with Crippen molar-refractivity contribution in [2.45, 2.75) is 32.0 Å². The fourth-order valence-electron chi connectivity index (χ4n) is 1.11. The van der Waals surface area contributed by atoms with E-state index in [0.29, 0.717) is 0 Å². The molecule has 1 rings (SSSR count). The van der Waals surface area contributed by atoms with Crippen LogP contribution in [0.2, 0.25) is 0 Å². The van der Waals surface area contributed by atoms with Crippen LogP contribution in [-0.2, 0) is 5.60 Å². The van der Waals surface area contributed by atoms with Crippen LogP contribution < -0.4 is 0 Å². The van der Waals surface area contributed by atoms with E-state index in [9.17, 15) is 10.2 Å². The van der Waals surface area contributed by atoms with Gasteiger partial charge >= 0.3 is 0 Å². The zero-order valence-corrected chi connectivity index (χ0v) is 9.28. The Morgan fingerprint density at radius 1 is 0.933 bits per heavy atom. The highest BCUT2D eigenvalue weighted by Gasteiger charge is 2.20. The maximum absolute atomic E-state index is 10.1. The summed E-state index contributed by atoms with van der Waals surface area (Å²) >= 11 is 0. The molecule has 0 radical (unpaired) electrons. The second-order valence-electron chi connectivity index (χ2n) is 4.25. The lowest BCUT2D eigenvalue weighted by molar-refractivity contribution is 0.116. The topological polar surface area (TPSA) is 40.5 Å². The third kappa shape index (κ3) is 3.75. The van der Waals surface area contributed by atoms with Gasteiger partial charge in [-0.05, 0) is 26.3 Å². The first kappa shape index (κ1) is 11.8. The number of hydrogen-bond acceptors (Lipinski definition) is 2. The van der Waals surface area contributed by atoms with Crippen molar-refractivity contribution >= 4 is 0 Å². The van der Waals surface area contributed by atoms with Crippen LogP contribution in [0.15, 0.2) is 30.3 Å². The summed E-state index contributed by atoms with van der Waals surface area (Å²) in [5, 5.41) is 19.5. The van der Waals surface area contributed by atoms with Crippen LogP contribution in [0, 0.1) is 11.8 Å². The van der Waals surface area contributed by atoms with Crippen molar-refractivity contribution in [1.29, 1.82) is 0 Å². The third-order valence-electron chi connectivity index (χ3n) is 1.95. The molecule has 2 N–H and O–H groups in total. The number of aliphatic hydroxyl groups is 2. The fraction of sp³-hybridized carbons (Fsp3) is 0.385. The summed E-state index contributed by atoms with van der Waals surface area (Å²) in [5.74, 6) is 5.29. The minimum atomic E-state index is -1.22. The summed E-state index contributed by atoms with van der Waals surface area (Å²) in [6.07, 6.45) is 0. The Hall–Kier alpha value is -1.30. The predicted molar refractivity (Wildman–Crippen MR) is 60.1 cm³/mol. The van der Waals surface area contributed by atoms with Gasteiger partial charge in [-0.15, -0.1) is 0 Å². The number of hydrogen-bond donors (Lipinski definition) is 2. The monoisotopic (exact) mass is 204 g/mol. The largest absolute Gasteiger partial charge is 0.378 e. The van der Waals surface area contributed by atoms with Crippen LogP contribution >= 0.6 is 0 Å². The molecular formula is C13H16O2. The van der Waals surface area contributed by atoms with Crippen molar-refractivity contribution < 1.29 is 10.2 Å². The Bertz CT molecular complexity index is 374. The zero-order chi connectivity index (χ0) is 11.5. The number of rotatable bonds is 1. The molecule has 2 heteroatoms. The highest BCUT2D eigenvalue weighted by Crippen LogP contribution is 2.19. The normalized spacial score (nSPS) is 15.0. The molecule has 0 fully saturated rings. The van der Waals surface area contributed by atoms with Gasteiger partial charge in [-0.3, -0.25) is 0 Å². The minimum absolute atomic E-state index is 0.724. The summed E-state index contributed by atoms with van der Waals surface area (Å²) in [7, 11) is 0. The second-order valence-corrected chi connectivity index (χ2v) is 4.25. The van der Waals surface area contributed by atoms with Crippen LogP contribution in [0.4, 0.5) is 0 Å². The molecule has 15 heavy (non-hydrogen) atoms. The fourth-order valence-corrected chi connectivity index (χ4v) is 1.11. The molecule has 0 heterocycles. The van der Waals surface area contributed by atoms with Crippen LogP contribution in [0.1, 0.15) is 26.3 Å². The smallest absolute Gasteiger partial charge is 0.148 e. The Labute approximate surface area is 90.6 Å². The molecule has 0 saturated heterocycles. The van der Waals surface area contributed by atoms with E-state index in [-0.39, 0.29) is 0 Å². The van der Waals surface area contributed by atoms with Gasteiger partial charge in [0, 0.05) is 0 Å². The first-order valence-corrected chi connectivity index (χ1v) is 4.86. The van der Waals surface area contributed by atoms with Gasteiger partial charge in [-0.2, -0.15) is 0 Å². The van der Waals surface area contributed by atoms with Crippen molar-refractivity contribution in [3.63, 3.8) is 0 Å². The highest BCUT2D eigenvalue weighted by atomic mass is 16.3. The lowest BCUT2D eigenvalue weighted by Gasteiger charge is -2.17. The Morgan fingerprint density at radius 3 is 1.93 bits per heavy atom. The van der Waals surface area contributed by atoms with Crippen molar-refractivity contribution in [2.24, 2.45) is 0 Å². The molecule has 1 atom stereocenters. The maximum Gasteiger partial charge on any atom is 0.148 e. The lowest BCUT2D eigenvalue weighted by Crippen LogP contribution is -2.21. The van der Waals surface area contributed by atoms with E-state index < -0.39 is 11.2 Å². The van der Waals surface area contributed by atoms with Crippen molar-refractivity contribution in [2.75, 3.05) is 0 Å². The molecule has 0 saturated carbocycles. The van der Waals surface area contributed by atoms with E-state index in [1.165, 1.54) is 0 Å². The summed E-state index contributed by atoms with van der Waals surface area (Å²) in [5.41, 5.74) is -1.58. The van der Waals surface area contributed by atoms with E-state index in [1.54, 1.807) is 32.9 Å². The molecule has 80 valence electrons. The molecule has 0 aliphatic heterocycles. The zero-order valence-electron chi connectivity index (χ0n) is 9.28. The molecule has 0 aliphatic carbocycles. The predicted octanol–water partition coefficient (Wildman–Crippen LogP) is 1.67. The third-order valence-corrected chi connectivity index (χ3v) is 1.95. The van der Waals surface area contributed by atoms with Gasteiger partial charge in [0.05, 0.1) is 0 Å². The van der Waals surface area contributed by atoms with Gasteiger partial charge in [0.15, 0.2) is 0 Å². The van der Waals surface area contributed by atoms with E-state index in [1.807, 2.05) is 18.2 Å². The van der Waals surface area contributed by atoms with Crippen molar-refractivity contribution in [3.05, 3.63) is 35.9 Å². The van der Waals surface area contributed by atoms with Crippen LogP contribution in [-0.4, -0.2) is 15.8 Å². The SMILES string of the molecule is CC(C)(O)C#C[C@](C)(O)c1ccccc1. The van der Waals surface area contributed by atoms with Gasteiger partial charge < -0.3 is 10.2 Å². The summed E-state index contributed by atoms with van der Waals surface area (Å²) in [6.45, 7) is 4.78. The minimum Gasteiger partial charge on any atom is -0.378 e. The van der Waals surface area contributed by atoms with Gasteiger partial charge in [0.1, 0.15) is 11.2 Å². The van der Waals surface area contributed by atoms with Crippen molar-refractivity contribution in [1.82, 2.24) is 0 Å². The van der Waals surface area contributed by atoms with Gasteiger partial charge in [0.2, 0.25) is 0 Å². The second kappa shape index (κ2) is 4.06. The lowest BCUT2D eigenvalue weighted by atomic mass is 9.95. The molecular weight excluding hydrogens is 188 g/mol. The molecule has 2 nitrogen and oxygen atoms in total. The first-order valence-electron chi connectivity index (χ1n) is 4.86. The maximum atomic E-state index is 10.1. The molecule has 0 amide bonds. The van der Waals surface area contributed by atoms with Crippen LogP contribution in [0.25, 0.3) is 0 Å². The summed E-state index contributed by atoms with van der Waals surface area (Å²) in [4.78, 5) is 0. The Balaban J connectivity index is 2.98. The first-order chi connectivity index (χ1) is 6.81. The van der Waals surface area contributed by atoms with E-state index in [2.05, 4.69) is 11.8 Å². The quantitative estimate of drug-likeness (QED) is 0.683. The molecule has 1 aromatic rings. The molecule has 0 bridgehead atoms. The van der Waals surface area contributed by atoms with Crippen LogP contribution in [0.5, 0.6) is 0 Å². The van der Waals surface area contributed by atoms with Gasteiger partial charge in [0.25, 0.3) is 0 Å². The highest BCUT2D eigenvalue weighted by molar-refractivity contribution is 5.31. The average Bonchev–Trinajstić information content (AvgIpc) is 2.16. The average molecular weight is 204 g/mol. The van der Waals surface area contributed by atoms with Gasteiger partial charge in [-0.1, -0.05) is 42.2 Å². The molecule has 0 spiro atoms. The van der Waals surface area contributed by atoms with E-state index in [4.69, 9.17) is 0 Å². The molecule has 0 aromatic heterocycles. The van der Waals surface area contributed by atoms with E-state index >= 15 is 0 Å². The Morgan fingerprint density at radius 2 is 1.47 bits per heavy atom. The van der Waals surface area contributed by atoms with Crippen molar-refractivity contribution in [3.8, 4) is 11.8 Å². The summed E-state index contributed by atoms with van der Waals surface area (Å²) in [6, 6.07) is 9.17. The van der Waals surface area contributed by atoms with Gasteiger partial charge in [-0.25, -0.2) is 0 Å². The standard InChI is InChI=1S/C13H16O2/c1-12(2,14)9-10-13(3,15)11-7-5-4-6-8-11/h4-8,14-15H,1-3H3/t13-/m0/s1.